The summed E-state index contributed by atoms with van der Waals surface area (Å²) in [7, 11) is 0. The third kappa shape index (κ3) is 4.35. The van der Waals surface area contributed by atoms with Gasteiger partial charge in [-0.25, -0.2) is 4.68 Å². The fourth-order valence-corrected chi connectivity index (χ4v) is 4.07. The Hall–Kier alpha value is -4.17. The lowest BCUT2D eigenvalue weighted by Crippen LogP contribution is -2.36. The SMILES string of the molecule is C/C(=N\O)c1ccc(-n2ncc3cc(NC(=O)c4ccc(N5CCOCC5)cc4)ccc32)cc1. The van der Waals surface area contributed by atoms with Gasteiger partial charge in [0.25, 0.3) is 5.91 Å². The number of benzene rings is 3. The van der Waals surface area contributed by atoms with Crippen molar-refractivity contribution in [3.05, 3.63) is 84.1 Å². The van der Waals surface area contributed by atoms with Crippen LogP contribution in [0, 0.1) is 0 Å². The Morgan fingerprint density at radius 3 is 2.35 bits per heavy atom. The number of fused-ring (bicyclic) bond motifs is 1. The number of aromatic nitrogens is 2. The van der Waals surface area contributed by atoms with Gasteiger partial charge in [-0.3, -0.25) is 4.79 Å². The molecule has 1 aliphatic rings. The van der Waals surface area contributed by atoms with Crippen molar-refractivity contribution in [3.8, 4) is 5.69 Å². The van der Waals surface area contributed by atoms with E-state index in [1.165, 1.54) is 0 Å². The van der Waals surface area contributed by atoms with Gasteiger partial charge in [-0.15, -0.1) is 0 Å². The molecule has 2 N–H and O–H groups in total. The summed E-state index contributed by atoms with van der Waals surface area (Å²) in [6.45, 7) is 4.92. The number of nitrogens with one attached hydrogen (secondary N) is 1. The number of hydrogen-bond acceptors (Lipinski definition) is 6. The molecule has 8 nitrogen and oxygen atoms in total. The number of rotatable bonds is 5. The first kappa shape index (κ1) is 21.7. The van der Waals surface area contributed by atoms with Crippen LogP contribution in [0.3, 0.4) is 0 Å². The molecule has 34 heavy (non-hydrogen) atoms. The molecule has 172 valence electrons. The highest BCUT2D eigenvalue weighted by Gasteiger charge is 2.13. The van der Waals surface area contributed by atoms with Gasteiger partial charge >= 0.3 is 0 Å². The molecule has 2 heterocycles. The van der Waals surface area contributed by atoms with E-state index in [0.717, 1.165) is 54.1 Å². The number of anilines is 2. The lowest BCUT2D eigenvalue weighted by Gasteiger charge is -2.28. The van der Waals surface area contributed by atoms with Crippen LogP contribution in [0.25, 0.3) is 16.6 Å². The second kappa shape index (κ2) is 9.36. The molecule has 0 unspecified atom stereocenters. The third-order valence-electron chi connectivity index (χ3n) is 6.01. The molecule has 1 amide bonds. The zero-order valence-electron chi connectivity index (χ0n) is 18.8. The summed E-state index contributed by atoms with van der Waals surface area (Å²) in [6.07, 6.45) is 1.77. The Bertz CT molecular complexity index is 1340. The summed E-state index contributed by atoms with van der Waals surface area (Å²) >= 11 is 0. The summed E-state index contributed by atoms with van der Waals surface area (Å²) in [4.78, 5) is 15.0. The van der Waals surface area contributed by atoms with Crippen LogP contribution >= 0.6 is 0 Å². The first-order valence-electron chi connectivity index (χ1n) is 11.1. The van der Waals surface area contributed by atoms with Crippen LogP contribution < -0.4 is 10.2 Å². The Morgan fingerprint density at radius 1 is 0.971 bits per heavy atom. The van der Waals surface area contributed by atoms with Crippen LogP contribution in [0.2, 0.25) is 0 Å². The van der Waals surface area contributed by atoms with Gasteiger partial charge in [0.05, 0.1) is 36.3 Å². The lowest BCUT2D eigenvalue weighted by atomic mass is 10.1. The van der Waals surface area contributed by atoms with E-state index in [1.807, 2.05) is 71.4 Å². The second-order valence-corrected chi connectivity index (χ2v) is 8.16. The maximum atomic E-state index is 12.8. The van der Waals surface area contributed by atoms with E-state index in [1.54, 1.807) is 13.1 Å². The van der Waals surface area contributed by atoms with Crippen LogP contribution in [0.15, 0.2) is 78.1 Å². The van der Waals surface area contributed by atoms with Gasteiger partial charge in [0.2, 0.25) is 0 Å². The Morgan fingerprint density at radius 2 is 1.65 bits per heavy atom. The van der Waals surface area contributed by atoms with Crippen molar-refractivity contribution in [1.29, 1.82) is 0 Å². The monoisotopic (exact) mass is 455 g/mol. The minimum atomic E-state index is -0.156. The van der Waals surface area contributed by atoms with E-state index in [0.29, 0.717) is 17.0 Å². The molecular weight excluding hydrogens is 430 g/mol. The number of ether oxygens (including phenoxy) is 1. The van der Waals surface area contributed by atoms with Crippen LogP contribution in [0.5, 0.6) is 0 Å². The average molecular weight is 456 g/mol. The number of morpholine rings is 1. The predicted molar refractivity (Wildman–Crippen MR) is 132 cm³/mol. The molecule has 8 heteroatoms. The number of hydrogen-bond donors (Lipinski definition) is 2. The summed E-state index contributed by atoms with van der Waals surface area (Å²) < 4.78 is 7.23. The van der Waals surface area contributed by atoms with E-state index < -0.39 is 0 Å². The van der Waals surface area contributed by atoms with Crippen LogP contribution in [-0.4, -0.2) is 52.9 Å². The molecule has 4 aromatic rings. The van der Waals surface area contributed by atoms with Crippen LogP contribution in [-0.2, 0) is 4.74 Å². The number of amides is 1. The van der Waals surface area contributed by atoms with Crippen molar-refractivity contribution < 1.29 is 14.7 Å². The van der Waals surface area contributed by atoms with Crippen molar-refractivity contribution in [2.45, 2.75) is 6.92 Å². The van der Waals surface area contributed by atoms with Crippen molar-refractivity contribution >= 4 is 33.9 Å². The van der Waals surface area contributed by atoms with Crippen molar-refractivity contribution in [2.24, 2.45) is 5.16 Å². The molecule has 1 fully saturated rings. The molecule has 1 aliphatic heterocycles. The summed E-state index contributed by atoms with van der Waals surface area (Å²) in [5, 5.41) is 20.6. The predicted octanol–water partition coefficient (Wildman–Crippen LogP) is 4.31. The smallest absolute Gasteiger partial charge is 0.255 e. The molecule has 0 aliphatic carbocycles. The first-order chi connectivity index (χ1) is 16.6. The average Bonchev–Trinajstić information content (AvgIpc) is 3.32. The molecule has 1 saturated heterocycles. The van der Waals surface area contributed by atoms with Crippen molar-refractivity contribution in [2.75, 3.05) is 36.5 Å². The molecule has 0 spiro atoms. The van der Waals surface area contributed by atoms with E-state index in [9.17, 15) is 4.79 Å². The highest BCUT2D eigenvalue weighted by molar-refractivity contribution is 6.05. The normalized spacial score (nSPS) is 14.4. The van der Waals surface area contributed by atoms with Gasteiger partial charge in [0, 0.05) is 35.4 Å². The van der Waals surface area contributed by atoms with Crippen LogP contribution in [0.1, 0.15) is 22.8 Å². The van der Waals surface area contributed by atoms with Crippen molar-refractivity contribution in [1.82, 2.24) is 9.78 Å². The van der Waals surface area contributed by atoms with Gasteiger partial charge in [-0.05, 0) is 67.1 Å². The fourth-order valence-electron chi connectivity index (χ4n) is 4.07. The standard InChI is InChI=1S/C26H25N5O3/c1-18(29-33)19-2-9-24(10-3-19)31-25-11-6-22(16-21(25)17-27-31)28-26(32)20-4-7-23(8-5-20)30-12-14-34-15-13-30/h2-11,16-17,33H,12-15H2,1H3,(H,28,32)/b29-18+. The van der Waals surface area contributed by atoms with E-state index >= 15 is 0 Å². The minimum absolute atomic E-state index is 0.156. The third-order valence-corrected chi connectivity index (χ3v) is 6.01. The summed E-state index contributed by atoms with van der Waals surface area (Å²) in [5.74, 6) is -0.156. The zero-order chi connectivity index (χ0) is 23.5. The van der Waals surface area contributed by atoms with Crippen molar-refractivity contribution in [3.63, 3.8) is 0 Å². The molecule has 0 radical (unpaired) electrons. The molecular formula is C26H25N5O3. The molecule has 1 aromatic heterocycles. The maximum absolute atomic E-state index is 12.8. The maximum Gasteiger partial charge on any atom is 0.255 e. The van der Waals surface area contributed by atoms with Gasteiger partial charge in [-0.2, -0.15) is 5.10 Å². The second-order valence-electron chi connectivity index (χ2n) is 8.16. The Kier molecular flexibility index (Phi) is 5.97. The first-order valence-corrected chi connectivity index (χ1v) is 11.1. The van der Waals surface area contributed by atoms with E-state index in [-0.39, 0.29) is 5.91 Å². The molecule has 5 rings (SSSR count). The molecule has 0 atom stereocenters. The van der Waals surface area contributed by atoms with Gasteiger partial charge in [0.15, 0.2) is 0 Å². The number of carbonyl (C=O) groups is 1. The Labute approximate surface area is 197 Å². The number of oxime groups is 1. The summed E-state index contributed by atoms with van der Waals surface area (Å²) in [6, 6.07) is 21.0. The molecule has 0 saturated carbocycles. The quantitative estimate of drug-likeness (QED) is 0.266. The fraction of sp³-hybridized carbons (Fsp3) is 0.192. The lowest BCUT2D eigenvalue weighted by molar-refractivity contribution is 0.102. The highest BCUT2D eigenvalue weighted by Crippen LogP contribution is 2.23. The van der Waals surface area contributed by atoms with Gasteiger partial charge < -0.3 is 20.2 Å². The molecule has 0 bridgehead atoms. The summed E-state index contributed by atoms with van der Waals surface area (Å²) in [5.41, 5.74) is 5.61. The van der Waals surface area contributed by atoms with Crippen LogP contribution in [0.4, 0.5) is 11.4 Å². The molecule has 3 aromatic carbocycles. The highest BCUT2D eigenvalue weighted by atomic mass is 16.5. The van der Waals surface area contributed by atoms with E-state index in [2.05, 4.69) is 20.5 Å². The minimum Gasteiger partial charge on any atom is -0.411 e. The Balaban J connectivity index is 1.31. The van der Waals surface area contributed by atoms with Gasteiger partial charge in [0.1, 0.15) is 0 Å². The zero-order valence-corrected chi connectivity index (χ0v) is 18.8. The number of carbonyl (C=O) groups excluding carboxylic acids is 1. The topological polar surface area (TPSA) is 92.0 Å². The van der Waals surface area contributed by atoms with E-state index in [4.69, 9.17) is 9.94 Å². The number of nitrogens with zero attached hydrogens (tertiary/aromatic N) is 4. The van der Waals surface area contributed by atoms with Gasteiger partial charge in [-0.1, -0.05) is 17.3 Å². The largest absolute Gasteiger partial charge is 0.411 e.